The first-order chi connectivity index (χ1) is 8.63. The van der Waals surface area contributed by atoms with Gasteiger partial charge < -0.3 is 15.2 Å². The fourth-order valence-corrected chi connectivity index (χ4v) is 1.79. The molecule has 1 heterocycles. The summed E-state index contributed by atoms with van der Waals surface area (Å²) in [6, 6.07) is 5.65. The first kappa shape index (κ1) is 12.3. The van der Waals surface area contributed by atoms with Crippen LogP contribution in [0.3, 0.4) is 0 Å². The smallest absolute Gasteiger partial charge is 0.131 e. The van der Waals surface area contributed by atoms with Gasteiger partial charge in [0.05, 0.1) is 30.5 Å². The number of benzene rings is 1. The molecule has 0 aliphatic heterocycles. The quantitative estimate of drug-likeness (QED) is 0.870. The molecule has 0 saturated heterocycles. The predicted molar refractivity (Wildman–Crippen MR) is 70.8 cm³/mol. The lowest BCUT2D eigenvalue weighted by Gasteiger charge is -2.16. The number of aromatic amines is 1. The number of hydrogen-bond acceptors (Lipinski definition) is 4. The first-order valence-corrected chi connectivity index (χ1v) is 5.76. The zero-order valence-electron chi connectivity index (χ0n) is 10.7. The lowest BCUT2D eigenvalue weighted by Crippen LogP contribution is -2.07. The lowest BCUT2D eigenvalue weighted by atomic mass is 10.1. The summed E-state index contributed by atoms with van der Waals surface area (Å²) in [5.41, 5.74) is 7.47. The Hall–Kier alpha value is -2.17. The highest BCUT2D eigenvalue weighted by atomic mass is 16.5. The summed E-state index contributed by atoms with van der Waals surface area (Å²) in [6.07, 6.45) is 1.74. The number of ether oxygens (including phenoxy) is 2. The SMILES string of the molecule is COc1cccc(OC(C)C)c1-c1cn[nH]c1N. The molecule has 1 aromatic heterocycles. The second kappa shape index (κ2) is 5.00. The Balaban J connectivity index is 2.58. The fraction of sp³-hybridized carbons (Fsp3) is 0.308. The van der Waals surface area contributed by atoms with Crippen LogP contribution >= 0.6 is 0 Å². The lowest BCUT2D eigenvalue weighted by molar-refractivity contribution is 0.242. The van der Waals surface area contributed by atoms with Crippen LogP contribution in [0, 0.1) is 0 Å². The van der Waals surface area contributed by atoms with Crippen molar-refractivity contribution >= 4 is 5.82 Å². The van der Waals surface area contributed by atoms with Gasteiger partial charge in [-0.15, -0.1) is 0 Å². The van der Waals surface area contributed by atoms with Crippen molar-refractivity contribution in [2.45, 2.75) is 20.0 Å². The maximum atomic E-state index is 5.87. The zero-order valence-corrected chi connectivity index (χ0v) is 10.7. The Labute approximate surface area is 106 Å². The van der Waals surface area contributed by atoms with Crippen LogP contribution in [0.25, 0.3) is 11.1 Å². The highest BCUT2D eigenvalue weighted by Gasteiger charge is 2.17. The minimum Gasteiger partial charge on any atom is -0.496 e. The average molecular weight is 247 g/mol. The molecular formula is C13H17N3O2. The van der Waals surface area contributed by atoms with Crippen LogP contribution in [-0.4, -0.2) is 23.4 Å². The summed E-state index contributed by atoms with van der Waals surface area (Å²) < 4.78 is 11.2. The van der Waals surface area contributed by atoms with E-state index in [9.17, 15) is 0 Å². The van der Waals surface area contributed by atoms with Gasteiger partial charge in [0.2, 0.25) is 0 Å². The van der Waals surface area contributed by atoms with E-state index in [1.54, 1.807) is 13.3 Å². The number of H-pyrrole nitrogens is 1. The molecule has 5 heteroatoms. The summed E-state index contributed by atoms with van der Waals surface area (Å²) in [6.45, 7) is 3.95. The van der Waals surface area contributed by atoms with Crippen molar-refractivity contribution in [1.82, 2.24) is 10.2 Å². The molecule has 0 bridgehead atoms. The van der Waals surface area contributed by atoms with Crippen molar-refractivity contribution in [2.24, 2.45) is 0 Å². The summed E-state index contributed by atoms with van der Waals surface area (Å²) >= 11 is 0. The minimum absolute atomic E-state index is 0.0731. The van der Waals surface area contributed by atoms with Gasteiger partial charge in [0, 0.05) is 0 Å². The number of nitrogens with one attached hydrogen (secondary N) is 1. The van der Waals surface area contributed by atoms with Gasteiger partial charge in [-0.2, -0.15) is 5.10 Å². The molecule has 0 radical (unpaired) electrons. The second-order valence-corrected chi connectivity index (χ2v) is 4.20. The molecule has 0 fully saturated rings. The number of hydrogen-bond donors (Lipinski definition) is 2. The van der Waals surface area contributed by atoms with Crippen LogP contribution in [0.1, 0.15) is 13.8 Å². The topological polar surface area (TPSA) is 73.2 Å². The number of rotatable bonds is 4. The van der Waals surface area contributed by atoms with E-state index in [-0.39, 0.29) is 6.10 Å². The fourth-order valence-electron chi connectivity index (χ4n) is 1.79. The van der Waals surface area contributed by atoms with E-state index in [0.717, 1.165) is 16.9 Å². The second-order valence-electron chi connectivity index (χ2n) is 4.20. The molecule has 2 rings (SSSR count). The molecule has 0 atom stereocenters. The number of methoxy groups -OCH3 is 1. The maximum Gasteiger partial charge on any atom is 0.131 e. The van der Waals surface area contributed by atoms with E-state index >= 15 is 0 Å². The Bertz CT molecular complexity index is 535. The number of nitrogens with two attached hydrogens (primary N) is 1. The van der Waals surface area contributed by atoms with Gasteiger partial charge in [0.25, 0.3) is 0 Å². The number of nitrogens with zero attached hydrogens (tertiary/aromatic N) is 1. The zero-order chi connectivity index (χ0) is 13.1. The van der Waals surface area contributed by atoms with Crippen LogP contribution in [-0.2, 0) is 0 Å². The van der Waals surface area contributed by atoms with Crippen LogP contribution in [0.5, 0.6) is 11.5 Å². The van der Waals surface area contributed by atoms with E-state index in [0.29, 0.717) is 11.6 Å². The van der Waals surface area contributed by atoms with Crippen molar-refractivity contribution in [1.29, 1.82) is 0 Å². The standard InChI is InChI=1S/C13H17N3O2/c1-8(2)18-11-6-4-5-10(17-3)12(11)9-7-15-16-13(9)14/h4-8H,1-3H3,(H3,14,15,16). The predicted octanol–water partition coefficient (Wildman–Crippen LogP) is 2.45. The van der Waals surface area contributed by atoms with Gasteiger partial charge in [0.15, 0.2) is 0 Å². The highest BCUT2D eigenvalue weighted by molar-refractivity contribution is 5.82. The van der Waals surface area contributed by atoms with Crippen LogP contribution in [0.15, 0.2) is 24.4 Å². The molecule has 18 heavy (non-hydrogen) atoms. The summed E-state index contributed by atoms with van der Waals surface area (Å²) in [4.78, 5) is 0. The highest BCUT2D eigenvalue weighted by Crippen LogP contribution is 2.40. The van der Waals surface area contributed by atoms with Crippen molar-refractivity contribution in [3.05, 3.63) is 24.4 Å². The molecule has 0 spiro atoms. The van der Waals surface area contributed by atoms with Crippen LogP contribution in [0.2, 0.25) is 0 Å². The molecule has 2 aromatic rings. The summed E-state index contributed by atoms with van der Waals surface area (Å²) in [7, 11) is 1.62. The van der Waals surface area contributed by atoms with Crippen molar-refractivity contribution < 1.29 is 9.47 Å². The molecule has 96 valence electrons. The van der Waals surface area contributed by atoms with Gasteiger partial charge in [-0.1, -0.05) is 6.07 Å². The Morgan fingerprint density at radius 3 is 2.56 bits per heavy atom. The third kappa shape index (κ3) is 2.25. The minimum atomic E-state index is 0.0731. The Morgan fingerprint density at radius 1 is 1.28 bits per heavy atom. The van der Waals surface area contributed by atoms with E-state index < -0.39 is 0 Å². The van der Waals surface area contributed by atoms with Crippen molar-refractivity contribution in [2.75, 3.05) is 12.8 Å². The molecule has 0 saturated carbocycles. The van der Waals surface area contributed by atoms with Crippen LogP contribution < -0.4 is 15.2 Å². The van der Waals surface area contributed by atoms with Crippen molar-refractivity contribution in [3.8, 4) is 22.6 Å². The average Bonchev–Trinajstić information content (AvgIpc) is 2.74. The van der Waals surface area contributed by atoms with E-state index in [2.05, 4.69) is 10.2 Å². The summed E-state index contributed by atoms with van der Waals surface area (Å²) in [5.74, 6) is 1.94. The third-order valence-electron chi connectivity index (χ3n) is 2.51. The molecule has 3 N–H and O–H groups in total. The molecular weight excluding hydrogens is 230 g/mol. The van der Waals surface area contributed by atoms with Gasteiger partial charge in [-0.3, -0.25) is 5.10 Å². The Kier molecular flexibility index (Phi) is 3.41. The van der Waals surface area contributed by atoms with Gasteiger partial charge in [0.1, 0.15) is 17.3 Å². The van der Waals surface area contributed by atoms with Crippen molar-refractivity contribution in [3.63, 3.8) is 0 Å². The van der Waals surface area contributed by atoms with Gasteiger partial charge in [-0.05, 0) is 26.0 Å². The maximum absolute atomic E-state index is 5.87. The summed E-state index contributed by atoms with van der Waals surface area (Å²) in [5, 5.41) is 6.65. The van der Waals surface area contributed by atoms with E-state index in [4.69, 9.17) is 15.2 Å². The number of aromatic nitrogens is 2. The first-order valence-electron chi connectivity index (χ1n) is 5.76. The molecule has 5 nitrogen and oxygen atoms in total. The molecule has 0 aliphatic rings. The van der Waals surface area contributed by atoms with Gasteiger partial charge in [-0.25, -0.2) is 0 Å². The molecule has 1 aromatic carbocycles. The third-order valence-corrected chi connectivity index (χ3v) is 2.51. The Morgan fingerprint density at radius 2 is 2.00 bits per heavy atom. The van der Waals surface area contributed by atoms with Crippen LogP contribution in [0.4, 0.5) is 5.82 Å². The largest absolute Gasteiger partial charge is 0.496 e. The number of anilines is 1. The monoisotopic (exact) mass is 247 g/mol. The van der Waals surface area contributed by atoms with E-state index in [1.165, 1.54) is 0 Å². The number of nitrogen functional groups attached to an aromatic ring is 1. The van der Waals surface area contributed by atoms with Gasteiger partial charge >= 0.3 is 0 Å². The molecule has 0 amide bonds. The van der Waals surface area contributed by atoms with E-state index in [1.807, 2.05) is 32.0 Å². The molecule has 0 aliphatic carbocycles. The normalized spacial score (nSPS) is 10.7. The molecule has 0 unspecified atom stereocenters.